The smallest absolute Gasteiger partial charge is 0.253 e. The normalized spacial score (nSPS) is 14.0. The Labute approximate surface area is 266 Å². The Kier molecular flexibility index (Phi) is 12.1. The summed E-state index contributed by atoms with van der Waals surface area (Å²) >= 11 is 6.09. The van der Waals surface area contributed by atoms with E-state index >= 15 is 0 Å². The number of benzene rings is 2. The van der Waals surface area contributed by atoms with Crippen LogP contribution in [0.5, 0.6) is 0 Å². The third-order valence-electron chi connectivity index (χ3n) is 7.26. The van der Waals surface area contributed by atoms with Gasteiger partial charge in [0, 0.05) is 23.5 Å². The molecule has 7 N–H and O–H groups in total. The molecule has 5 amide bonds. The van der Waals surface area contributed by atoms with Gasteiger partial charge in [-0.2, -0.15) is 0 Å². The van der Waals surface area contributed by atoms with Crippen molar-refractivity contribution in [2.75, 3.05) is 0 Å². The summed E-state index contributed by atoms with van der Waals surface area (Å²) in [7, 11) is 0. The molecule has 3 rings (SSSR count). The first kappa shape index (κ1) is 35.0. The molecule has 0 saturated carbocycles. The van der Waals surface area contributed by atoms with Gasteiger partial charge in [-0.15, -0.1) is 0 Å². The van der Waals surface area contributed by atoms with Crippen LogP contribution < -0.4 is 27.0 Å². The van der Waals surface area contributed by atoms with Crippen LogP contribution in [0.25, 0.3) is 10.9 Å². The molecule has 242 valence electrons. The van der Waals surface area contributed by atoms with Gasteiger partial charge in [0.25, 0.3) is 5.91 Å². The van der Waals surface area contributed by atoms with E-state index in [4.69, 9.17) is 17.3 Å². The van der Waals surface area contributed by atoms with Crippen LogP contribution in [-0.4, -0.2) is 58.7 Å². The number of fused-ring (bicyclic) bond motifs is 1. The first-order valence-corrected chi connectivity index (χ1v) is 15.1. The lowest BCUT2D eigenvalue weighted by Gasteiger charge is -2.27. The Balaban J connectivity index is 1.77. The Hall–Kier alpha value is -4.45. The first-order valence-electron chi connectivity index (χ1n) is 14.7. The minimum absolute atomic E-state index is 0.0295. The van der Waals surface area contributed by atoms with Crippen molar-refractivity contribution in [1.82, 2.24) is 26.3 Å². The predicted molar refractivity (Wildman–Crippen MR) is 170 cm³/mol. The summed E-state index contributed by atoms with van der Waals surface area (Å²) < 4.78 is 13.6. The molecular weight excluding hydrogens is 602 g/mol. The van der Waals surface area contributed by atoms with Crippen molar-refractivity contribution in [3.05, 3.63) is 70.6 Å². The molecule has 0 bridgehead atoms. The van der Waals surface area contributed by atoms with Crippen LogP contribution in [0.2, 0.25) is 5.02 Å². The van der Waals surface area contributed by atoms with Gasteiger partial charge in [0.05, 0.1) is 10.6 Å². The fourth-order valence-electron chi connectivity index (χ4n) is 4.81. The van der Waals surface area contributed by atoms with Crippen LogP contribution in [-0.2, 0) is 25.6 Å². The molecule has 3 aromatic rings. The van der Waals surface area contributed by atoms with Crippen molar-refractivity contribution in [1.29, 1.82) is 0 Å². The van der Waals surface area contributed by atoms with Crippen LogP contribution in [0.4, 0.5) is 4.39 Å². The molecule has 4 atom stereocenters. The SMILES string of the molecule is CC(C)C[C@H](NC(=O)[C@@H](NC(=O)[C@H](C)NC(=O)[C@H](Cc1c[nH]c2ccccc12)NC(=O)c1ccc([18F])cc1Cl)C(C)C)C(N)=O. The van der Waals surface area contributed by atoms with Crippen LogP contribution in [0.1, 0.15) is 57.0 Å². The van der Waals surface area contributed by atoms with Crippen LogP contribution >= 0.6 is 11.6 Å². The Morgan fingerprint density at radius 3 is 2.18 bits per heavy atom. The molecule has 13 heteroatoms. The predicted octanol–water partition coefficient (Wildman–Crippen LogP) is 2.96. The maximum Gasteiger partial charge on any atom is 0.253 e. The lowest BCUT2D eigenvalue weighted by molar-refractivity contribution is -0.134. The van der Waals surface area contributed by atoms with Crippen molar-refractivity contribution in [3.8, 4) is 0 Å². The van der Waals surface area contributed by atoms with E-state index in [0.29, 0.717) is 6.42 Å². The quantitative estimate of drug-likeness (QED) is 0.158. The molecule has 1 heterocycles. The minimum Gasteiger partial charge on any atom is -0.368 e. The average Bonchev–Trinajstić information content (AvgIpc) is 3.37. The second kappa shape index (κ2) is 15.5. The standard InChI is InChI=1S/C32H40ClFN6O5/c1-16(2)12-25(28(35)41)38-32(45)27(17(3)4)40-29(42)18(5)37-31(44)26(13-19-15-36-24-9-7-6-8-21(19)24)39-30(43)22-11-10-20(34)14-23(22)33/h6-11,14-18,25-27,36H,12-13H2,1-5H3,(H2,35,41)(H,37,44)(H,38,45)(H,39,43)(H,40,42)/t18-,25-,26-,27-/m0/s1/i34-1. The van der Waals surface area contributed by atoms with Crippen LogP contribution in [0, 0.1) is 17.7 Å². The number of hydrogen-bond donors (Lipinski definition) is 6. The van der Waals surface area contributed by atoms with Crippen molar-refractivity contribution in [2.45, 2.75) is 71.6 Å². The molecule has 1 aromatic heterocycles. The zero-order valence-corrected chi connectivity index (χ0v) is 26.6. The zero-order valence-electron chi connectivity index (χ0n) is 25.9. The van der Waals surface area contributed by atoms with E-state index in [2.05, 4.69) is 26.3 Å². The van der Waals surface area contributed by atoms with E-state index in [1.807, 2.05) is 38.1 Å². The molecule has 0 fully saturated rings. The van der Waals surface area contributed by atoms with Gasteiger partial charge in [0.2, 0.25) is 23.6 Å². The summed E-state index contributed by atoms with van der Waals surface area (Å²) in [6.07, 6.45) is 2.11. The number of carbonyl (C=O) groups is 5. The van der Waals surface area contributed by atoms with E-state index in [9.17, 15) is 28.4 Å². The third-order valence-corrected chi connectivity index (χ3v) is 7.58. The number of nitrogens with two attached hydrogens (primary N) is 1. The highest BCUT2D eigenvalue weighted by Gasteiger charge is 2.31. The number of para-hydroxylation sites is 1. The topological polar surface area (TPSA) is 175 Å². The highest BCUT2D eigenvalue weighted by molar-refractivity contribution is 6.33. The molecule has 45 heavy (non-hydrogen) atoms. The van der Waals surface area contributed by atoms with Crippen molar-refractivity contribution < 1.29 is 28.4 Å². The summed E-state index contributed by atoms with van der Waals surface area (Å²) in [6, 6.07) is 6.51. The molecule has 0 radical (unpaired) electrons. The Bertz CT molecular complexity index is 1560. The van der Waals surface area contributed by atoms with Crippen molar-refractivity contribution in [3.63, 3.8) is 0 Å². The molecule has 2 aromatic carbocycles. The molecule has 0 aliphatic carbocycles. The maximum atomic E-state index is 13.6. The van der Waals surface area contributed by atoms with Gasteiger partial charge in [0.1, 0.15) is 30.0 Å². The van der Waals surface area contributed by atoms with Crippen molar-refractivity contribution in [2.24, 2.45) is 17.6 Å². The summed E-state index contributed by atoms with van der Waals surface area (Å²) in [4.78, 5) is 68.0. The summed E-state index contributed by atoms with van der Waals surface area (Å²) in [5, 5.41) is 11.2. The molecule has 0 unspecified atom stereocenters. The second-order valence-electron chi connectivity index (χ2n) is 11.8. The molecule has 0 saturated heterocycles. The van der Waals surface area contributed by atoms with E-state index in [1.54, 1.807) is 20.0 Å². The highest BCUT2D eigenvalue weighted by Crippen LogP contribution is 2.21. The van der Waals surface area contributed by atoms with Gasteiger partial charge in [-0.05, 0) is 55.0 Å². The summed E-state index contributed by atoms with van der Waals surface area (Å²) in [6.45, 7) is 8.66. The minimum atomic E-state index is -1.16. The van der Waals surface area contributed by atoms with Gasteiger partial charge in [-0.3, -0.25) is 24.0 Å². The molecule has 0 aliphatic heterocycles. The van der Waals surface area contributed by atoms with Gasteiger partial charge in [-0.1, -0.05) is 57.5 Å². The Morgan fingerprint density at radius 1 is 0.867 bits per heavy atom. The maximum absolute atomic E-state index is 13.6. The molecular formula is C32H40ClFN6O5. The number of carbonyl (C=O) groups excluding carboxylic acids is 5. The summed E-state index contributed by atoms with van der Waals surface area (Å²) in [5.41, 5.74) is 7.00. The number of rotatable bonds is 14. The van der Waals surface area contributed by atoms with E-state index < -0.39 is 59.5 Å². The zero-order chi connectivity index (χ0) is 33.4. The fourth-order valence-corrected chi connectivity index (χ4v) is 5.06. The first-order chi connectivity index (χ1) is 21.2. The number of nitrogens with one attached hydrogen (secondary N) is 5. The van der Waals surface area contributed by atoms with Gasteiger partial charge in [-0.25, -0.2) is 4.39 Å². The van der Waals surface area contributed by atoms with E-state index in [1.165, 1.54) is 13.0 Å². The largest absolute Gasteiger partial charge is 0.368 e. The highest BCUT2D eigenvalue weighted by atomic mass is 35.5. The molecule has 0 spiro atoms. The number of aromatic amines is 1. The monoisotopic (exact) mass is 641 g/mol. The average molecular weight is 642 g/mol. The number of halogens is 2. The van der Waals surface area contributed by atoms with Crippen molar-refractivity contribution >= 4 is 52.0 Å². The van der Waals surface area contributed by atoms with Gasteiger partial charge in [0.15, 0.2) is 0 Å². The molecule has 11 nitrogen and oxygen atoms in total. The number of hydrogen-bond acceptors (Lipinski definition) is 5. The van der Waals surface area contributed by atoms with E-state index in [-0.39, 0.29) is 28.8 Å². The molecule has 0 aliphatic rings. The number of aromatic nitrogens is 1. The lowest BCUT2D eigenvalue weighted by Crippen LogP contribution is -2.59. The third kappa shape index (κ3) is 9.52. The summed E-state index contributed by atoms with van der Waals surface area (Å²) in [5.74, 6) is -4.21. The Morgan fingerprint density at radius 2 is 1.56 bits per heavy atom. The van der Waals surface area contributed by atoms with Gasteiger partial charge < -0.3 is 32.0 Å². The van der Waals surface area contributed by atoms with E-state index in [0.717, 1.165) is 28.6 Å². The lowest BCUT2D eigenvalue weighted by atomic mass is 9.99. The van der Waals surface area contributed by atoms with Crippen LogP contribution in [0.3, 0.4) is 0 Å². The number of H-pyrrole nitrogens is 1. The van der Waals surface area contributed by atoms with Gasteiger partial charge >= 0.3 is 0 Å². The fraction of sp³-hybridized carbons (Fsp3) is 0.406. The number of primary amides is 1. The number of amides is 5. The van der Waals surface area contributed by atoms with Crippen LogP contribution in [0.15, 0.2) is 48.7 Å². The second-order valence-corrected chi connectivity index (χ2v) is 12.2.